The lowest BCUT2D eigenvalue weighted by Crippen LogP contribution is -2.33. The van der Waals surface area contributed by atoms with E-state index < -0.39 is 41.6 Å². The quantitative estimate of drug-likeness (QED) is 0.242. The van der Waals surface area contributed by atoms with Crippen molar-refractivity contribution in [3.63, 3.8) is 0 Å². The van der Waals surface area contributed by atoms with Gasteiger partial charge in [-0.05, 0) is 6.92 Å². The molecule has 37 heavy (non-hydrogen) atoms. The van der Waals surface area contributed by atoms with Crippen molar-refractivity contribution in [2.45, 2.75) is 58.1 Å². The summed E-state index contributed by atoms with van der Waals surface area (Å²) in [6.45, 7) is 0.953. The fourth-order valence-electron chi connectivity index (χ4n) is 3.71. The number of rotatable bonds is 12. The van der Waals surface area contributed by atoms with Crippen molar-refractivity contribution in [1.82, 2.24) is 39.5 Å². The summed E-state index contributed by atoms with van der Waals surface area (Å²) in [5.41, 5.74) is 0.0204. The first kappa shape index (κ1) is 25.9. The summed E-state index contributed by atoms with van der Waals surface area (Å²) in [7, 11) is 0. The zero-order valence-corrected chi connectivity index (χ0v) is 19.6. The molecule has 0 aromatic carbocycles. The third kappa shape index (κ3) is 6.72. The highest BCUT2D eigenvalue weighted by Gasteiger charge is 2.38. The second kappa shape index (κ2) is 11.2. The molecule has 0 amide bonds. The van der Waals surface area contributed by atoms with Crippen molar-refractivity contribution in [2.24, 2.45) is 0 Å². The van der Waals surface area contributed by atoms with Crippen LogP contribution in [0.15, 0.2) is 28.2 Å². The molecule has 198 valence electrons. The van der Waals surface area contributed by atoms with E-state index in [1.54, 1.807) is 6.92 Å². The molecule has 3 aromatic heterocycles. The zero-order valence-electron chi connectivity index (χ0n) is 19.6. The first-order valence-electron chi connectivity index (χ1n) is 11.1. The molecule has 0 saturated carbocycles. The van der Waals surface area contributed by atoms with Gasteiger partial charge in [0.05, 0.1) is 38.3 Å². The molecule has 0 radical (unpaired) electrons. The number of aryl methyl sites for hydroxylation is 1. The maximum atomic E-state index is 12.4. The van der Waals surface area contributed by atoms with E-state index in [1.807, 2.05) is 0 Å². The molecule has 3 aromatic rings. The number of carbonyl (C=O) groups is 2. The Hall–Kier alpha value is -4.22. The highest BCUT2D eigenvalue weighted by Crippen LogP contribution is 2.31. The van der Waals surface area contributed by atoms with E-state index in [0.717, 1.165) is 9.36 Å². The molecular weight excluding hydrogens is 496 g/mol. The monoisotopic (exact) mass is 520 g/mol. The normalized spacial score (nSPS) is 19.3. The van der Waals surface area contributed by atoms with Crippen molar-refractivity contribution in [1.29, 1.82) is 0 Å². The molecule has 1 aliphatic rings. The summed E-state index contributed by atoms with van der Waals surface area (Å²) in [5.74, 6) is -2.12. The molecular formula is C20H24N8O9. The van der Waals surface area contributed by atoms with Crippen molar-refractivity contribution >= 4 is 11.9 Å². The molecule has 0 aliphatic carbocycles. The SMILES string of the molecule is Cc1cn([C@H]2C[C@H](OCc3cn(CC(=O)O)nn3)[C@@H](COCc3cn(CC(=O)O)nn3)O2)c(=O)[nH]c1=O. The molecule has 1 saturated heterocycles. The predicted octanol–water partition coefficient (Wildman–Crippen LogP) is -1.71. The number of carboxylic acid groups (broad SMARTS) is 2. The molecule has 4 rings (SSSR count). The second-order valence-corrected chi connectivity index (χ2v) is 8.31. The Morgan fingerprint density at radius 2 is 1.68 bits per heavy atom. The molecule has 0 bridgehead atoms. The Bertz CT molecular complexity index is 1380. The maximum absolute atomic E-state index is 12.4. The van der Waals surface area contributed by atoms with E-state index in [1.165, 1.54) is 23.2 Å². The number of nitrogens with one attached hydrogen (secondary N) is 1. The van der Waals surface area contributed by atoms with Gasteiger partial charge in [-0.1, -0.05) is 10.4 Å². The van der Waals surface area contributed by atoms with Gasteiger partial charge in [-0.3, -0.25) is 23.9 Å². The first-order chi connectivity index (χ1) is 17.7. The van der Waals surface area contributed by atoms with Gasteiger partial charge >= 0.3 is 17.6 Å². The smallest absolute Gasteiger partial charge is 0.330 e. The molecule has 3 atom stereocenters. The number of aromatic nitrogens is 8. The van der Waals surface area contributed by atoms with Crippen LogP contribution in [0.3, 0.4) is 0 Å². The Morgan fingerprint density at radius 1 is 1.05 bits per heavy atom. The molecule has 4 heterocycles. The fraction of sp³-hybridized carbons (Fsp3) is 0.500. The van der Waals surface area contributed by atoms with Gasteiger partial charge < -0.3 is 24.4 Å². The Kier molecular flexibility index (Phi) is 7.85. The minimum absolute atomic E-state index is 0.0000698. The van der Waals surface area contributed by atoms with Crippen molar-refractivity contribution < 1.29 is 34.0 Å². The Balaban J connectivity index is 1.42. The van der Waals surface area contributed by atoms with Crippen LogP contribution in [-0.2, 0) is 50.1 Å². The lowest BCUT2D eigenvalue weighted by atomic mass is 10.2. The van der Waals surface area contributed by atoms with Crippen LogP contribution in [0.2, 0.25) is 0 Å². The van der Waals surface area contributed by atoms with Gasteiger partial charge in [0.2, 0.25) is 0 Å². The Labute approximate surface area is 207 Å². The largest absolute Gasteiger partial charge is 0.480 e. The molecule has 3 N–H and O–H groups in total. The number of hydrogen-bond donors (Lipinski definition) is 3. The van der Waals surface area contributed by atoms with E-state index in [4.69, 9.17) is 24.4 Å². The summed E-state index contributed by atoms with van der Waals surface area (Å²) in [6, 6.07) is 0. The van der Waals surface area contributed by atoms with Crippen LogP contribution < -0.4 is 11.2 Å². The topological polar surface area (TPSA) is 219 Å². The summed E-state index contributed by atoms with van der Waals surface area (Å²) < 4.78 is 21.3. The summed E-state index contributed by atoms with van der Waals surface area (Å²) in [5, 5.41) is 32.9. The van der Waals surface area contributed by atoms with Gasteiger partial charge in [-0.25, -0.2) is 14.2 Å². The van der Waals surface area contributed by atoms with Crippen LogP contribution in [0.5, 0.6) is 0 Å². The van der Waals surface area contributed by atoms with Gasteiger partial charge in [0, 0.05) is 18.2 Å². The molecule has 0 unspecified atom stereocenters. The van der Waals surface area contributed by atoms with Gasteiger partial charge in [0.25, 0.3) is 5.56 Å². The van der Waals surface area contributed by atoms with Crippen LogP contribution in [0.1, 0.15) is 29.6 Å². The van der Waals surface area contributed by atoms with E-state index in [0.29, 0.717) is 17.0 Å². The molecule has 1 fully saturated rings. The van der Waals surface area contributed by atoms with E-state index >= 15 is 0 Å². The number of carboxylic acids is 2. The number of aromatic amines is 1. The average Bonchev–Trinajstić information content (AvgIpc) is 3.55. The van der Waals surface area contributed by atoms with Crippen molar-refractivity contribution in [2.75, 3.05) is 6.61 Å². The zero-order chi connectivity index (χ0) is 26.5. The summed E-state index contributed by atoms with van der Waals surface area (Å²) in [4.78, 5) is 48.0. The van der Waals surface area contributed by atoms with Gasteiger partial charge in [0.15, 0.2) is 0 Å². The number of nitrogens with zero attached hydrogens (tertiary/aromatic N) is 7. The molecule has 17 heteroatoms. The predicted molar refractivity (Wildman–Crippen MR) is 118 cm³/mol. The van der Waals surface area contributed by atoms with Crippen molar-refractivity contribution in [3.8, 4) is 0 Å². The highest BCUT2D eigenvalue weighted by molar-refractivity contribution is 5.66. The van der Waals surface area contributed by atoms with Crippen LogP contribution >= 0.6 is 0 Å². The third-order valence-electron chi connectivity index (χ3n) is 5.38. The van der Waals surface area contributed by atoms with Crippen LogP contribution in [0.4, 0.5) is 0 Å². The van der Waals surface area contributed by atoms with E-state index in [9.17, 15) is 19.2 Å². The van der Waals surface area contributed by atoms with Crippen molar-refractivity contribution in [3.05, 3.63) is 56.4 Å². The lowest BCUT2D eigenvalue weighted by molar-refractivity contribution is -0.139. The molecule has 17 nitrogen and oxygen atoms in total. The number of ether oxygens (including phenoxy) is 3. The third-order valence-corrected chi connectivity index (χ3v) is 5.38. The Morgan fingerprint density at radius 3 is 2.30 bits per heavy atom. The second-order valence-electron chi connectivity index (χ2n) is 8.31. The minimum atomic E-state index is -1.06. The van der Waals surface area contributed by atoms with E-state index in [2.05, 4.69) is 25.6 Å². The number of H-pyrrole nitrogens is 1. The van der Waals surface area contributed by atoms with Crippen LogP contribution in [-0.4, -0.2) is 80.5 Å². The average molecular weight is 520 g/mol. The van der Waals surface area contributed by atoms with Gasteiger partial charge in [0.1, 0.15) is 36.8 Å². The standard InChI is InChI=1S/C20H24N8O9/c1-11-3-28(20(34)21-19(11)33)16-2-14(36-9-13-5-27(25-23-13)7-18(31)32)15(37-16)10-35-8-12-4-26(24-22-12)6-17(29)30/h3-5,14-16H,2,6-10H2,1H3,(H,29,30)(H,31,32)(H,21,33,34)/t14-,15+,16+/m0/s1. The maximum Gasteiger partial charge on any atom is 0.330 e. The molecule has 0 spiro atoms. The number of aliphatic carboxylic acids is 2. The van der Waals surface area contributed by atoms with Crippen LogP contribution in [0, 0.1) is 6.92 Å². The summed E-state index contributed by atoms with van der Waals surface area (Å²) in [6.07, 6.45) is 2.61. The summed E-state index contributed by atoms with van der Waals surface area (Å²) >= 11 is 0. The van der Waals surface area contributed by atoms with Crippen LogP contribution in [0.25, 0.3) is 0 Å². The lowest BCUT2D eigenvalue weighted by Gasteiger charge is -2.18. The minimum Gasteiger partial charge on any atom is -0.480 e. The van der Waals surface area contributed by atoms with Gasteiger partial charge in [-0.15, -0.1) is 10.2 Å². The fourth-order valence-corrected chi connectivity index (χ4v) is 3.71. The van der Waals surface area contributed by atoms with Gasteiger partial charge in [-0.2, -0.15) is 0 Å². The van der Waals surface area contributed by atoms with E-state index in [-0.39, 0.29) is 39.3 Å². The highest BCUT2D eigenvalue weighted by atomic mass is 16.6. The number of hydrogen-bond acceptors (Lipinski definition) is 11. The molecule has 1 aliphatic heterocycles. The first-order valence-corrected chi connectivity index (χ1v) is 11.1.